The Morgan fingerprint density at radius 2 is 2.14 bits per heavy atom. The lowest BCUT2D eigenvalue weighted by Crippen LogP contribution is -2.25. The van der Waals surface area contributed by atoms with Crippen LogP contribution >= 0.6 is 11.6 Å². The van der Waals surface area contributed by atoms with E-state index in [0.717, 1.165) is 37.1 Å². The molecule has 2 nitrogen and oxygen atoms in total. The van der Waals surface area contributed by atoms with Crippen LogP contribution in [0.2, 0.25) is 5.02 Å². The third-order valence-corrected chi connectivity index (χ3v) is 3.80. The topological polar surface area (TPSA) is 24.9 Å². The van der Waals surface area contributed by atoms with E-state index >= 15 is 0 Å². The van der Waals surface area contributed by atoms with Crippen molar-refractivity contribution in [2.45, 2.75) is 19.8 Å². The molecule has 1 atom stereocenters. The highest BCUT2D eigenvalue weighted by Gasteiger charge is 2.13. The highest BCUT2D eigenvalue weighted by Crippen LogP contribution is 2.20. The smallest absolute Gasteiger partial charge is 0.123 e. The zero-order valence-corrected chi connectivity index (χ0v) is 12.9. The summed E-state index contributed by atoms with van der Waals surface area (Å²) in [4.78, 5) is 4.01. The van der Waals surface area contributed by atoms with Gasteiger partial charge in [-0.05, 0) is 61.2 Å². The van der Waals surface area contributed by atoms with Gasteiger partial charge in [0, 0.05) is 12.4 Å². The van der Waals surface area contributed by atoms with Gasteiger partial charge in [-0.15, -0.1) is 0 Å². The minimum absolute atomic E-state index is 0.184. The Morgan fingerprint density at radius 3 is 2.86 bits per heavy atom. The second-order valence-electron chi connectivity index (χ2n) is 5.18. The van der Waals surface area contributed by atoms with Gasteiger partial charge in [0.05, 0.1) is 5.02 Å². The Bertz CT molecular complexity index is 574. The molecule has 0 bridgehead atoms. The monoisotopic (exact) mass is 306 g/mol. The summed E-state index contributed by atoms with van der Waals surface area (Å²) in [7, 11) is 0. The molecule has 1 unspecified atom stereocenters. The van der Waals surface area contributed by atoms with Crippen LogP contribution in [-0.2, 0) is 12.8 Å². The molecule has 0 aliphatic heterocycles. The first-order valence-corrected chi connectivity index (χ1v) is 7.60. The van der Waals surface area contributed by atoms with Crippen molar-refractivity contribution in [2.75, 3.05) is 13.1 Å². The first-order valence-electron chi connectivity index (χ1n) is 7.22. The molecular weight excluding hydrogens is 287 g/mol. The van der Waals surface area contributed by atoms with E-state index < -0.39 is 0 Å². The Morgan fingerprint density at radius 1 is 1.29 bits per heavy atom. The van der Waals surface area contributed by atoms with Gasteiger partial charge in [-0.25, -0.2) is 4.39 Å². The van der Waals surface area contributed by atoms with Gasteiger partial charge in [-0.3, -0.25) is 4.98 Å². The van der Waals surface area contributed by atoms with Gasteiger partial charge in [0.25, 0.3) is 0 Å². The molecule has 4 heteroatoms. The number of benzene rings is 1. The van der Waals surface area contributed by atoms with Crippen LogP contribution in [-0.4, -0.2) is 18.1 Å². The van der Waals surface area contributed by atoms with Crippen molar-refractivity contribution >= 4 is 11.6 Å². The van der Waals surface area contributed by atoms with Crippen LogP contribution < -0.4 is 5.32 Å². The number of halogens is 2. The van der Waals surface area contributed by atoms with Gasteiger partial charge in [0.15, 0.2) is 0 Å². The molecule has 0 spiro atoms. The number of hydrogen-bond donors (Lipinski definition) is 1. The summed E-state index contributed by atoms with van der Waals surface area (Å²) < 4.78 is 13.3. The molecule has 1 aromatic carbocycles. The molecule has 0 fully saturated rings. The fourth-order valence-electron chi connectivity index (χ4n) is 2.44. The molecule has 0 aliphatic rings. The summed E-state index contributed by atoms with van der Waals surface area (Å²) in [5.41, 5.74) is 2.11. The number of rotatable bonds is 7. The summed E-state index contributed by atoms with van der Waals surface area (Å²) in [5.74, 6) is 0.184. The molecule has 0 saturated carbocycles. The third kappa shape index (κ3) is 5.10. The predicted octanol–water partition coefficient (Wildman–Crippen LogP) is 3.89. The van der Waals surface area contributed by atoms with Crippen LogP contribution in [0.5, 0.6) is 0 Å². The number of nitrogens with zero attached hydrogens (tertiary/aromatic N) is 1. The van der Waals surface area contributed by atoms with E-state index in [2.05, 4.69) is 17.2 Å². The van der Waals surface area contributed by atoms with Crippen LogP contribution in [0.4, 0.5) is 4.39 Å². The molecule has 0 radical (unpaired) electrons. The molecule has 0 aliphatic carbocycles. The molecule has 0 saturated heterocycles. The lowest BCUT2D eigenvalue weighted by molar-refractivity contribution is 0.477. The maximum atomic E-state index is 13.3. The minimum atomic E-state index is -0.184. The normalized spacial score (nSPS) is 12.3. The number of nitrogens with one attached hydrogen (secondary N) is 1. The largest absolute Gasteiger partial charge is 0.317 e. The highest BCUT2D eigenvalue weighted by molar-refractivity contribution is 6.31. The minimum Gasteiger partial charge on any atom is -0.317 e. The summed E-state index contributed by atoms with van der Waals surface area (Å²) >= 11 is 6.19. The highest BCUT2D eigenvalue weighted by atomic mass is 35.5. The maximum absolute atomic E-state index is 13.3. The standard InChI is InChI=1S/C17H20ClFN2/c1-2-20-11-14(8-13-4-3-5-16(19)10-13)9-15-6-7-21-12-17(15)18/h3-7,10,12,14,20H,2,8-9,11H2,1H3. The third-order valence-electron chi connectivity index (χ3n) is 3.46. The fourth-order valence-corrected chi connectivity index (χ4v) is 2.64. The van der Waals surface area contributed by atoms with Gasteiger partial charge < -0.3 is 5.32 Å². The summed E-state index contributed by atoms with van der Waals surface area (Å²) in [5, 5.41) is 4.06. The fraction of sp³-hybridized carbons (Fsp3) is 0.353. The first-order chi connectivity index (χ1) is 10.2. The second kappa shape index (κ2) is 8.11. The van der Waals surface area contributed by atoms with Crippen LogP contribution in [0, 0.1) is 11.7 Å². The summed E-state index contributed by atoms with van der Waals surface area (Å²) in [6.45, 7) is 3.88. The van der Waals surface area contributed by atoms with Crippen LogP contribution in [0.15, 0.2) is 42.7 Å². The van der Waals surface area contributed by atoms with Crippen molar-refractivity contribution in [2.24, 2.45) is 5.92 Å². The quantitative estimate of drug-likeness (QED) is 0.839. The average Bonchev–Trinajstić information content (AvgIpc) is 2.47. The van der Waals surface area contributed by atoms with Crippen molar-refractivity contribution in [3.63, 3.8) is 0 Å². The molecule has 1 heterocycles. The predicted molar refractivity (Wildman–Crippen MR) is 85.1 cm³/mol. The van der Waals surface area contributed by atoms with Gasteiger partial charge in [0.2, 0.25) is 0 Å². The molecular formula is C17H20ClFN2. The zero-order valence-electron chi connectivity index (χ0n) is 12.2. The van der Waals surface area contributed by atoms with Gasteiger partial charge >= 0.3 is 0 Å². The SMILES string of the molecule is CCNCC(Cc1cccc(F)c1)Cc1ccncc1Cl. The molecule has 21 heavy (non-hydrogen) atoms. The Hall–Kier alpha value is -1.45. The van der Waals surface area contributed by atoms with Crippen molar-refractivity contribution in [1.82, 2.24) is 10.3 Å². The molecule has 1 N–H and O–H groups in total. The van der Waals surface area contributed by atoms with E-state index in [9.17, 15) is 4.39 Å². The summed E-state index contributed by atoms with van der Waals surface area (Å²) in [6.07, 6.45) is 5.10. The van der Waals surface area contributed by atoms with E-state index in [-0.39, 0.29) is 5.82 Å². The molecule has 1 aromatic heterocycles. The Labute approximate surface area is 130 Å². The molecule has 2 rings (SSSR count). The Kier molecular flexibility index (Phi) is 6.15. The second-order valence-corrected chi connectivity index (χ2v) is 5.59. The zero-order chi connectivity index (χ0) is 15.1. The van der Waals surface area contributed by atoms with E-state index in [0.29, 0.717) is 10.9 Å². The lowest BCUT2D eigenvalue weighted by Gasteiger charge is -2.18. The molecule has 112 valence electrons. The lowest BCUT2D eigenvalue weighted by atomic mass is 9.92. The van der Waals surface area contributed by atoms with Crippen molar-refractivity contribution in [3.05, 3.63) is 64.7 Å². The van der Waals surface area contributed by atoms with Crippen molar-refractivity contribution in [1.29, 1.82) is 0 Å². The van der Waals surface area contributed by atoms with E-state index in [1.54, 1.807) is 24.5 Å². The number of pyridine rings is 1. The van der Waals surface area contributed by atoms with Gasteiger partial charge in [-0.2, -0.15) is 0 Å². The van der Waals surface area contributed by atoms with Crippen LogP contribution in [0.3, 0.4) is 0 Å². The van der Waals surface area contributed by atoms with Gasteiger partial charge in [-0.1, -0.05) is 30.7 Å². The average molecular weight is 307 g/mol. The molecule has 2 aromatic rings. The molecule has 0 amide bonds. The van der Waals surface area contributed by atoms with E-state index in [1.165, 1.54) is 6.07 Å². The van der Waals surface area contributed by atoms with Gasteiger partial charge in [0.1, 0.15) is 5.82 Å². The first kappa shape index (κ1) is 15.9. The number of aromatic nitrogens is 1. The van der Waals surface area contributed by atoms with Crippen molar-refractivity contribution in [3.8, 4) is 0 Å². The Balaban J connectivity index is 2.09. The maximum Gasteiger partial charge on any atom is 0.123 e. The van der Waals surface area contributed by atoms with Crippen LogP contribution in [0.25, 0.3) is 0 Å². The van der Waals surface area contributed by atoms with Crippen molar-refractivity contribution < 1.29 is 4.39 Å². The summed E-state index contributed by atoms with van der Waals surface area (Å²) in [6, 6.07) is 8.76. The van der Waals surface area contributed by atoms with E-state index in [1.807, 2.05) is 12.1 Å². The number of hydrogen-bond acceptors (Lipinski definition) is 2. The van der Waals surface area contributed by atoms with E-state index in [4.69, 9.17) is 11.6 Å². The van der Waals surface area contributed by atoms with Crippen LogP contribution in [0.1, 0.15) is 18.1 Å².